The molecule has 0 fully saturated rings. The highest BCUT2D eigenvalue weighted by molar-refractivity contribution is 5.91. The molecule has 1 aliphatic rings. The van der Waals surface area contributed by atoms with Crippen molar-refractivity contribution in [3.63, 3.8) is 0 Å². The minimum Gasteiger partial charge on any atom is -0.449 e. The van der Waals surface area contributed by atoms with Gasteiger partial charge in [0.05, 0.1) is 13.0 Å². The molecular weight excluding hydrogens is 763 g/mol. The molecule has 2 N–H and O–H groups in total. The molecule has 0 radical (unpaired) electrons. The summed E-state index contributed by atoms with van der Waals surface area (Å²) < 4.78 is 17.8. The topological polar surface area (TPSA) is 106 Å². The molecule has 0 saturated heterocycles. The number of hydrogen-bond acceptors (Lipinski definition) is 6. The van der Waals surface area contributed by atoms with E-state index in [1.54, 1.807) is 4.90 Å². The summed E-state index contributed by atoms with van der Waals surface area (Å²) in [6, 6.07) is 54.0. The minimum absolute atomic E-state index is 0.0422. The van der Waals surface area contributed by atoms with Crippen molar-refractivity contribution in [2.75, 3.05) is 32.9 Å². The molecule has 312 valence electrons. The van der Waals surface area contributed by atoms with Crippen LogP contribution in [0, 0.1) is 0 Å². The molecule has 0 saturated carbocycles. The monoisotopic (exact) mass is 815 g/mol. The molecule has 61 heavy (non-hydrogen) atoms. The standard InChI is InChI=1S/C52H53N3O6/c1-3-59-49(60-4-2)36-55(34-33-38-21-9-5-10-22-38)50(57)47(53-51(58)61-37-46-44-31-19-17-29-42(44)43-30-18-20-32-45(43)46)35-48(56)54-52(39-23-11-6-12-24-39,40-25-13-7-14-26-40)41-27-15-8-16-28-41/h5-32,46-47,49H,3-4,33-37H2,1-2H3,(H,53,58)(H,54,56). The van der Waals surface area contributed by atoms with Crippen molar-refractivity contribution < 1.29 is 28.6 Å². The van der Waals surface area contributed by atoms with Gasteiger partial charge in [-0.25, -0.2) is 4.79 Å². The fourth-order valence-electron chi connectivity index (χ4n) is 8.33. The molecule has 6 aromatic carbocycles. The fraction of sp³-hybridized carbons (Fsp3) is 0.250. The van der Waals surface area contributed by atoms with Crippen LogP contribution in [0.4, 0.5) is 4.79 Å². The molecule has 1 atom stereocenters. The highest BCUT2D eigenvalue weighted by Gasteiger charge is 2.40. The van der Waals surface area contributed by atoms with Crippen molar-refractivity contribution in [1.29, 1.82) is 0 Å². The number of amides is 3. The number of rotatable bonds is 19. The van der Waals surface area contributed by atoms with Crippen LogP contribution in [0.1, 0.15) is 59.6 Å². The molecule has 3 amide bonds. The SMILES string of the molecule is CCOC(CN(CCc1ccccc1)C(=O)C(CC(=O)NC(c1ccccc1)(c1ccccc1)c1ccccc1)NC(=O)OCC1c2ccccc2-c2ccccc21)OCC. The molecular formula is C52H53N3O6. The first kappa shape index (κ1) is 42.6. The first-order chi connectivity index (χ1) is 29.9. The first-order valence-corrected chi connectivity index (χ1v) is 21.1. The summed E-state index contributed by atoms with van der Waals surface area (Å²) in [6.07, 6.45) is -1.38. The normalized spacial score (nSPS) is 12.6. The van der Waals surface area contributed by atoms with Crippen LogP contribution in [-0.2, 0) is 35.8 Å². The Morgan fingerprint density at radius 3 is 1.57 bits per heavy atom. The Balaban J connectivity index is 1.21. The van der Waals surface area contributed by atoms with Crippen LogP contribution in [-0.4, -0.2) is 68.0 Å². The Hall–Kier alpha value is -6.55. The molecule has 9 heteroatoms. The van der Waals surface area contributed by atoms with Crippen LogP contribution < -0.4 is 10.6 Å². The number of alkyl carbamates (subject to hydrolysis) is 1. The lowest BCUT2D eigenvalue weighted by Crippen LogP contribution is -2.55. The summed E-state index contributed by atoms with van der Waals surface area (Å²) in [6.45, 7) is 4.89. The predicted octanol–water partition coefficient (Wildman–Crippen LogP) is 8.86. The second-order valence-corrected chi connectivity index (χ2v) is 15.0. The number of benzene rings is 6. The number of carbonyl (C=O) groups excluding carboxylic acids is 3. The Bertz CT molecular complexity index is 2190. The van der Waals surface area contributed by atoms with Gasteiger partial charge in [0.25, 0.3) is 0 Å². The summed E-state index contributed by atoms with van der Waals surface area (Å²) in [5, 5.41) is 6.21. The van der Waals surface area contributed by atoms with E-state index in [-0.39, 0.29) is 32.0 Å². The Kier molecular flexibility index (Phi) is 14.4. The number of nitrogens with one attached hydrogen (secondary N) is 2. The highest BCUT2D eigenvalue weighted by atomic mass is 16.7. The maximum atomic E-state index is 15.0. The quantitative estimate of drug-likeness (QED) is 0.0626. The third kappa shape index (κ3) is 10.1. The zero-order chi connectivity index (χ0) is 42.4. The summed E-state index contributed by atoms with van der Waals surface area (Å²) in [7, 11) is 0. The lowest BCUT2D eigenvalue weighted by atomic mass is 9.77. The largest absolute Gasteiger partial charge is 0.449 e. The van der Waals surface area contributed by atoms with Crippen LogP contribution in [0.15, 0.2) is 170 Å². The molecule has 1 aliphatic carbocycles. The molecule has 0 aliphatic heterocycles. The molecule has 0 spiro atoms. The van der Waals surface area contributed by atoms with E-state index in [2.05, 4.69) is 22.8 Å². The van der Waals surface area contributed by atoms with Gasteiger partial charge in [-0.1, -0.05) is 170 Å². The van der Waals surface area contributed by atoms with E-state index in [1.807, 2.05) is 172 Å². The number of hydrogen-bond donors (Lipinski definition) is 2. The van der Waals surface area contributed by atoms with E-state index in [0.29, 0.717) is 19.6 Å². The van der Waals surface area contributed by atoms with Gasteiger partial charge in [0.1, 0.15) is 18.2 Å². The van der Waals surface area contributed by atoms with E-state index < -0.39 is 35.8 Å². The summed E-state index contributed by atoms with van der Waals surface area (Å²) in [4.78, 5) is 45.5. The van der Waals surface area contributed by atoms with Gasteiger partial charge in [0.2, 0.25) is 11.8 Å². The van der Waals surface area contributed by atoms with Crippen molar-refractivity contribution in [3.8, 4) is 11.1 Å². The zero-order valence-corrected chi connectivity index (χ0v) is 34.7. The summed E-state index contributed by atoms with van der Waals surface area (Å²) >= 11 is 0. The van der Waals surface area contributed by atoms with Gasteiger partial charge in [0.15, 0.2) is 6.29 Å². The Labute approximate surface area is 358 Å². The zero-order valence-electron chi connectivity index (χ0n) is 34.7. The highest BCUT2D eigenvalue weighted by Crippen LogP contribution is 2.44. The molecule has 0 aromatic heterocycles. The third-order valence-corrected chi connectivity index (χ3v) is 11.2. The van der Waals surface area contributed by atoms with Crippen LogP contribution in [0.3, 0.4) is 0 Å². The van der Waals surface area contributed by atoms with Crippen molar-refractivity contribution in [3.05, 3.63) is 203 Å². The van der Waals surface area contributed by atoms with Gasteiger partial charge < -0.3 is 29.7 Å². The number of carbonyl (C=O) groups is 3. The van der Waals surface area contributed by atoms with Crippen molar-refractivity contribution in [1.82, 2.24) is 15.5 Å². The smallest absolute Gasteiger partial charge is 0.407 e. The van der Waals surface area contributed by atoms with Crippen molar-refractivity contribution >= 4 is 17.9 Å². The molecule has 6 aromatic rings. The van der Waals surface area contributed by atoms with E-state index in [0.717, 1.165) is 44.5 Å². The summed E-state index contributed by atoms with van der Waals surface area (Å²) in [5.74, 6) is -1.11. The molecule has 7 rings (SSSR count). The maximum Gasteiger partial charge on any atom is 0.407 e. The van der Waals surface area contributed by atoms with E-state index in [4.69, 9.17) is 14.2 Å². The average molecular weight is 816 g/mol. The van der Waals surface area contributed by atoms with Gasteiger partial charge in [-0.05, 0) is 64.8 Å². The number of ether oxygens (including phenoxy) is 3. The van der Waals surface area contributed by atoms with Gasteiger partial charge in [0, 0.05) is 25.7 Å². The van der Waals surface area contributed by atoms with Crippen molar-refractivity contribution in [2.45, 2.75) is 50.5 Å². The maximum absolute atomic E-state index is 15.0. The van der Waals surface area contributed by atoms with E-state index in [9.17, 15) is 9.59 Å². The number of nitrogens with zero attached hydrogens (tertiary/aromatic N) is 1. The Morgan fingerprint density at radius 2 is 1.08 bits per heavy atom. The number of fused-ring (bicyclic) bond motifs is 3. The van der Waals surface area contributed by atoms with Gasteiger partial charge >= 0.3 is 6.09 Å². The Morgan fingerprint density at radius 1 is 0.623 bits per heavy atom. The lowest BCUT2D eigenvalue weighted by Gasteiger charge is -2.37. The van der Waals surface area contributed by atoms with E-state index >= 15 is 4.79 Å². The van der Waals surface area contributed by atoms with Crippen molar-refractivity contribution in [2.24, 2.45) is 0 Å². The van der Waals surface area contributed by atoms with Gasteiger partial charge in [-0.3, -0.25) is 9.59 Å². The predicted molar refractivity (Wildman–Crippen MR) is 238 cm³/mol. The molecule has 0 bridgehead atoms. The average Bonchev–Trinajstić information content (AvgIpc) is 3.63. The first-order valence-electron chi connectivity index (χ1n) is 21.1. The molecule has 0 heterocycles. The second kappa shape index (κ2) is 20.6. The lowest BCUT2D eigenvalue weighted by molar-refractivity contribution is -0.160. The second-order valence-electron chi connectivity index (χ2n) is 15.0. The van der Waals surface area contributed by atoms with Gasteiger partial charge in [-0.2, -0.15) is 0 Å². The fourth-order valence-corrected chi connectivity index (χ4v) is 8.33. The van der Waals surface area contributed by atoms with Crippen LogP contribution in [0.25, 0.3) is 11.1 Å². The van der Waals surface area contributed by atoms with Gasteiger partial charge in [-0.15, -0.1) is 0 Å². The third-order valence-electron chi connectivity index (χ3n) is 11.2. The van der Waals surface area contributed by atoms with E-state index in [1.165, 1.54) is 0 Å². The molecule has 9 nitrogen and oxygen atoms in total. The van der Waals surface area contributed by atoms with Crippen LogP contribution in [0.2, 0.25) is 0 Å². The minimum atomic E-state index is -1.31. The molecule has 1 unspecified atom stereocenters. The van der Waals surface area contributed by atoms with Crippen LogP contribution in [0.5, 0.6) is 0 Å². The summed E-state index contributed by atoms with van der Waals surface area (Å²) in [5.41, 5.74) is 6.70. The van der Waals surface area contributed by atoms with Crippen LogP contribution >= 0.6 is 0 Å².